The van der Waals surface area contributed by atoms with Gasteiger partial charge < -0.3 is 10.1 Å². The molecule has 0 bridgehead atoms. The molecule has 0 aliphatic carbocycles. The first-order chi connectivity index (χ1) is 16.3. The third-order valence-electron chi connectivity index (χ3n) is 5.20. The van der Waals surface area contributed by atoms with Gasteiger partial charge in [0.05, 0.1) is 23.6 Å². The van der Waals surface area contributed by atoms with E-state index in [4.69, 9.17) is 4.74 Å². The summed E-state index contributed by atoms with van der Waals surface area (Å²) in [5.74, 6) is 0.325. The highest BCUT2D eigenvalue weighted by Crippen LogP contribution is 2.45. The van der Waals surface area contributed by atoms with Crippen LogP contribution in [0.4, 0.5) is 24.5 Å². The number of alkyl halides is 3. The number of halogens is 3. The number of nitrogens with one attached hydrogen (secondary N) is 1. The molecule has 1 aliphatic heterocycles. The largest absolute Gasteiger partial charge is 0.492 e. The normalized spacial score (nSPS) is 15.9. The van der Waals surface area contributed by atoms with Gasteiger partial charge in [-0.2, -0.15) is 13.2 Å². The van der Waals surface area contributed by atoms with Crippen LogP contribution in [0.5, 0.6) is 5.75 Å². The smallest absolute Gasteiger partial charge is 0.416 e. The third-order valence-corrected chi connectivity index (χ3v) is 6.41. The number of hydrogen-bond acceptors (Lipinski definition) is 4. The van der Waals surface area contributed by atoms with Gasteiger partial charge in [0.15, 0.2) is 0 Å². The van der Waals surface area contributed by atoms with Gasteiger partial charge in [-0.3, -0.25) is 14.5 Å². The Balaban J connectivity index is 1.56. The summed E-state index contributed by atoms with van der Waals surface area (Å²) in [5.41, 5.74) is 1.23. The lowest BCUT2D eigenvalue weighted by atomic mass is 10.1. The summed E-state index contributed by atoms with van der Waals surface area (Å²) >= 11 is 1.46. The average molecular weight is 487 g/mol. The van der Waals surface area contributed by atoms with Crippen LogP contribution in [0.25, 0.3) is 0 Å². The second kappa shape index (κ2) is 9.80. The van der Waals surface area contributed by atoms with Gasteiger partial charge in [0, 0.05) is 11.3 Å². The van der Waals surface area contributed by atoms with Gasteiger partial charge >= 0.3 is 6.18 Å². The third kappa shape index (κ3) is 5.04. The number of thioether (sulfide) groups is 1. The molecule has 0 saturated carbocycles. The first kappa shape index (κ1) is 23.7. The van der Waals surface area contributed by atoms with Crippen LogP contribution in [0.15, 0.2) is 72.8 Å². The number of carbonyl (C=O) groups excluding carboxylic acids is 2. The van der Waals surface area contributed by atoms with Crippen molar-refractivity contribution in [2.45, 2.75) is 18.5 Å². The zero-order chi connectivity index (χ0) is 24.3. The Morgan fingerprint density at radius 3 is 2.53 bits per heavy atom. The monoisotopic (exact) mass is 486 g/mol. The molecule has 4 rings (SSSR count). The molecule has 3 aromatic carbocycles. The Morgan fingerprint density at radius 1 is 1.09 bits per heavy atom. The predicted octanol–water partition coefficient (Wildman–Crippen LogP) is 6.14. The van der Waals surface area contributed by atoms with Crippen molar-refractivity contribution in [2.24, 2.45) is 0 Å². The van der Waals surface area contributed by atoms with Gasteiger partial charge in [-0.05, 0) is 61.0 Å². The lowest BCUT2D eigenvalue weighted by Gasteiger charge is -2.26. The van der Waals surface area contributed by atoms with Crippen LogP contribution in [-0.2, 0) is 11.0 Å². The Bertz CT molecular complexity index is 1200. The summed E-state index contributed by atoms with van der Waals surface area (Å²) in [7, 11) is 0. The van der Waals surface area contributed by atoms with E-state index >= 15 is 0 Å². The number of anilines is 2. The number of hydrogen-bond donors (Lipinski definition) is 1. The minimum Gasteiger partial charge on any atom is -0.492 e. The maximum atomic E-state index is 12.8. The zero-order valence-corrected chi connectivity index (χ0v) is 19.0. The average Bonchev–Trinajstić information content (AvgIpc) is 3.20. The van der Waals surface area contributed by atoms with E-state index in [-0.39, 0.29) is 16.8 Å². The highest BCUT2D eigenvalue weighted by Gasteiger charge is 2.36. The van der Waals surface area contributed by atoms with Crippen LogP contribution < -0.4 is 15.0 Å². The molecule has 0 aromatic heterocycles. The fourth-order valence-corrected chi connectivity index (χ4v) is 4.81. The first-order valence-corrected chi connectivity index (χ1v) is 11.6. The number of amides is 2. The Labute approximate surface area is 198 Å². The van der Waals surface area contributed by atoms with Crippen molar-refractivity contribution < 1.29 is 27.5 Å². The second-order valence-electron chi connectivity index (χ2n) is 7.48. The van der Waals surface area contributed by atoms with E-state index < -0.39 is 17.6 Å². The van der Waals surface area contributed by atoms with Crippen LogP contribution in [0.1, 0.15) is 33.8 Å². The maximum absolute atomic E-state index is 12.8. The zero-order valence-electron chi connectivity index (χ0n) is 18.1. The van der Waals surface area contributed by atoms with Crippen LogP contribution in [-0.4, -0.2) is 24.2 Å². The van der Waals surface area contributed by atoms with Crippen molar-refractivity contribution in [3.05, 3.63) is 89.5 Å². The molecule has 0 unspecified atom stereocenters. The summed E-state index contributed by atoms with van der Waals surface area (Å²) in [4.78, 5) is 27.0. The number of para-hydroxylation sites is 2. The molecule has 1 heterocycles. The van der Waals surface area contributed by atoms with E-state index in [1.165, 1.54) is 11.8 Å². The molecule has 1 fully saturated rings. The van der Waals surface area contributed by atoms with Crippen LogP contribution in [0.3, 0.4) is 0 Å². The molecule has 1 N–H and O–H groups in total. The fraction of sp³-hybridized carbons (Fsp3) is 0.200. The molecular formula is C25H21F3N2O3S. The summed E-state index contributed by atoms with van der Waals surface area (Å²) in [5, 5.41) is 2.40. The van der Waals surface area contributed by atoms with E-state index in [1.807, 2.05) is 37.3 Å². The van der Waals surface area contributed by atoms with Crippen LogP contribution in [0, 0.1) is 0 Å². The molecule has 1 aliphatic rings. The first-order valence-electron chi connectivity index (χ1n) is 10.5. The van der Waals surface area contributed by atoms with E-state index in [2.05, 4.69) is 5.32 Å². The van der Waals surface area contributed by atoms with Crippen molar-refractivity contribution in [3.8, 4) is 5.75 Å². The molecule has 5 nitrogen and oxygen atoms in total. The Hall–Kier alpha value is -3.46. The van der Waals surface area contributed by atoms with Gasteiger partial charge in [0.1, 0.15) is 11.1 Å². The van der Waals surface area contributed by atoms with E-state index in [1.54, 1.807) is 23.1 Å². The molecular weight excluding hydrogens is 465 g/mol. The molecule has 1 saturated heterocycles. The number of ether oxygens (including phenoxy) is 1. The van der Waals surface area contributed by atoms with Crippen molar-refractivity contribution in [2.75, 3.05) is 22.6 Å². The summed E-state index contributed by atoms with van der Waals surface area (Å²) in [6.45, 7) is 2.33. The predicted molar refractivity (Wildman–Crippen MR) is 126 cm³/mol. The lowest BCUT2D eigenvalue weighted by molar-refractivity contribution is -0.137. The quantitative estimate of drug-likeness (QED) is 0.455. The highest BCUT2D eigenvalue weighted by molar-refractivity contribution is 8.00. The topological polar surface area (TPSA) is 58.6 Å². The summed E-state index contributed by atoms with van der Waals surface area (Å²) in [6, 6.07) is 18.4. The molecule has 34 heavy (non-hydrogen) atoms. The van der Waals surface area contributed by atoms with E-state index in [0.29, 0.717) is 29.5 Å². The highest BCUT2D eigenvalue weighted by atomic mass is 32.2. The van der Waals surface area contributed by atoms with Crippen molar-refractivity contribution in [1.82, 2.24) is 0 Å². The Kier molecular flexibility index (Phi) is 6.83. The number of rotatable bonds is 6. The molecule has 9 heteroatoms. The molecule has 0 radical (unpaired) electrons. The van der Waals surface area contributed by atoms with Gasteiger partial charge in [-0.25, -0.2) is 0 Å². The molecule has 3 aromatic rings. The molecule has 176 valence electrons. The van der Waals surface area contributed by atoms with Crippen LogP contribution in [0.2, 0.25) is 0 Å². The van der Waals surface area contributed by atoms with E-state index in [9.17, 15) is 22.8 Å². The number of carbonyl (C=O) groups is 2. The lowest BCUT2D eigenvalue weighted by Crippen LogP contribution is -2.28. The van der Waals surface area contributed by atoms with Gasteiger partial charge in [0.25, 0.3) is 5.91 Å². The van der Waals surface area contributed by atoms with E-state index in [0.717, 1.165) is 29.8 Å². The van der Waals surface area contributed by atoms with Crippen molar-refractivity contribution in [1.29, 1.82) is 0 Å². The SMILES string of the molecule is CCOc1ccccc1N1C(=O)CS[C@H]1c1cccc(NC(=O)c2ccc(C(F)(F)F)cc2)c1. The van der Waals surface area contributed by atoms with Crippen molar-refractivity contribution in [3.63, 3.8) is 0 Å². The minimum absolute atomic E-state index is 0.0543. The Morgan fingerprint density at radius 2 is 1.82 bits per heavy atom. The standard InChI is InChI=1S/C25H21F3N2O3S/c1-2-33-21-9-4-3-8-20(21)30-22(31)15-34-24(30)17-6-5-7-19(14-17)29-23(32)16-10-12-18(13-11-16)25(26,27)28/h3-14,24H,2,15H2,1H3,(H,29,32)/t24-/m0/s1. The maximum Gasteiger partial charge on any atom is 0.416 e. The second-order valence-corrected chi connectivity index (χ2v) is 8.55. The summed E-state index contributed by atoms with van der Waals surface area (Å²) < 4.78 is 44.0. The number of benzene rings is 3. The van der Waals surface area contributed by atoms with Gasteiger partial charge in [0.2, 0.25) is 5.91 Å². The van der Waals surface area contributed by atoms with Gasteiger partial charge in [-0.15, -0.1) is 11.8 Å². The van der Waals surface area contributed by atoms with Crippen LogP contribution >= 0.6 is 11.8 Å². The van der Waals surface area contributed by atoms with Gasteiger partial charge in [-0.1, -0.05) is 24.3 Å². The minimum atomic E-state index is -4.47. The fourth-order valence-electron chi connectivity index (χ4n) is 3.65. The molecule has 0 spiro atoms. The molecule has 2 amide bonds. The summed E-state index contributed by atoms with van der Waals surface area (Å²) in [6.07, 6.45) is -4.47. The van der Waals surface area contributed by atoms with Crippen molar-refractivity contribution >= 4 is 35.0 Å². The molecule has 1 atom stereocenters. The number of nitrogens with zero attached hydrogens (tertiary/aromatic N) is 1.